The molecule has 0 amide bonds. The van der Waals surface area contributed by atoms with Crippen molar-refractivity contribution < 1.29 is 18.1 Å². The van der Waals surface area contributed by atoms with Crippen LogP contribution >= 0.6 is 0 Å². The van der Waals surface area contributed by atoms with Crippen LogP contribution in [0.1, 0.15) is 27.7 Å². The highest BCUT2D eigenvalue weighted by atomic mass is 19.3. The highest BCUT2D eigenvalue weighted by Crippen LogP contribution is 2.36. The Morgan fingerprint density at radius 1 is 1.10 bits per heavy atom. The Hall–Kier alpha value is -1.21. The molecule has 2 saturated heterocycles. The average molecular weight is 296 g/mol. The standard InChI is InChI=1S/C14H19BF2N2O2/c1-12(2)13(3,4)21-15(20-12)10-5-6-11(18-7-10)19-8-14(16,17)9-19/h5-7H,8-9H2,1-4H3. The molecular formula is C14H19BF2N2O2. The van der Waals surface area contributed by atoms with Gasteiger partial charge in [-0.15, -0.1) is 0 Å². The quantitative estimate of drug-likeness (QED) is 0.780. The Bertz CT molecular complexity index is 524. The fraction of sp³-hybridized carbons (Fsp3) is 0.643. The molecule has 0 atom stereocenters. The van der Waals surface area contributed by atoms with Crippen molar-refractivity contribution in [1.82, 2.24) is 4.98 Å². The number of pyridine rings is 1. The number of rotatable bonds is 2. The number of aromatic nitrogens is 1. The molecule has 21 heavy (non-hydrogen) atoms. The third kappa shape index (κ3) is 2.53. The van der Waals surface area contributed by atoms with E-state index in [1.807, 2.05) is 33.8 Å². The van der Waals surface area contributed by atoms with Crippen LogP contribution in [-0.2, 0) is 9.31 Å². The number of hydrogen-bond donors (Lipinski definition) is 0. The van der Waals surface area contributed by atoms with Crippen LogP contribution in [0.2, 0.25) is 0 Å². The molecule has 114 valence electrons. The minimum absolute atomic E-state index is 0.268. The largest absolute Gasteiger partial charge is 0.496 e. The Balaban J connectivity index is 1.71. The molecule has 7 heteroatoms. The molecule has 1 aromatic rings. The topological polar surface area (TPSA) is 34.6 Å². The zero-order chi connectivity index (χ0) is 15.5. The summed E-state index contributed by atoms with van der Waals surface area (Å²) in [4.78, 5) is 5.79. The van der Waals surface area contributed by atoms with E-state index in [9.17, 15) is 8.78 Å². The maximum atomic E-state index is 12.9. The monoisotopic (exact) mass is 296 g/mol. The van der Waals surface area contributed by atoms with Crippen LogP contribution in [0.5, 0.6) is 0 Å². The van der Waals surface area contributed by atoms with Gasteiger partial charge in [0, 0.05) is 11.7 Å². The third-order valence-electron chi connectivity index (χ3n) is 4.46. The zero-order valence-electron chi connectivity index (χ0n) is 12.7. The van der Waals surface area contributed by atoms with Gasteiger partial charge in [0.1, 0.15) is 5.82 Å². The molecule has 0 N–H and O–H groups in total. The van der Waals surface area contributed by atoms with Gasteiger partial charge >= 0.3 is 7.12 Å². The van der Waals surface area contributed by atoms with E-state index in [-0.39, 0.29) is 13.1 Å². The molecule has 0 aromatic carbocycles. The number of hydrogen-bond acceptors (Lipinski definition) is 4. The van der Waals surface area contributed by atoms with Gasteiger partial charge < -0.3 is 14.2 Å². The van der Waals surface area contributed by atoms with Crippen molar-refractivity contribution in [2.75, 3.05) is 18.0 Å². The summed E-state index contributed by atoms with van der Waals surface area (Å²) in [5.74, 6) is -2.03. The molecule has 4 nitrogen and oxygen atoms in total. The minimum Gasteiger partial charge on any atom is -0.399 e. The third-order valence-corrected chi connectivity index (χ3v) is 4.46. The summed E-state index contributed by atoms with van der Waals surface area (Å²) in [6, 6.07) is 3.55. The van der Waals surface area contributed by atoms with Gasteiger partial charge in [-0.05, 0) is 33.8 Å². The van der Waals surface area contributed by atoms with Crippen molar-refractivity contribution in [1.29, 1.82) is 0 Å². The second-order valence-corrected chi connectivity index (χ2v) is 6.75. The number of nitrogens with zero attached hydrogens (tertiary/aromatic N) is 2. The molecule has 0 saturated carbocycles. The lowest BCUT2D eigenvalue weighted by Crippen LogP contribution is -2.56. The van der Waals surface area contributed by atoms with E-state index in [4.69, 9.17) is 9.31 Å². The molecule has 2 aliphatic heterocycles. The molecule has 2 aliphatic rings. The SMILES string of the molecule is CC1(C)OB(c2ccc(N3CC(F)(F)C3)nc2)OC1(C)C. The summed E-state index contributed by atoms with van der Waals surface area (Å²) < 4.78 is 37.6. The molecule has 3 rings (SSSR count). The summed E-state index contributed by atoms with van der Waals surface area (Å²) in [5, 5.41) is 0. The van der Waals surface area contributed by atoms with E-state index < -0.39 is 24.2 Å². The van der Waals surface area contributed by atoms with Crippen LogP contribution in [0.3, 0.4) is 0 Å². The van der Waals surface area contributed by atoms with Crippen molar-refractivity contribution >= 4 is 18.4 Å². The van der Waals surface area contributed by atoms with Crippen LogP contribution in [0.25, 0.3) is 0 Å². The van der Waals surface area contributed by atoms with Crippen LogP contribution in [0.4, 0.5) is 14.6 Å². The van der Waals surface area contributed by atoms with Gasteiger partial charge in [0.15, 0.2) is 0 Å². The van der Waals surface area contributed by atoms with Crippen molar-refractivity contribution in [2.45, 2.75) is 44.8 Å². The van der Waals surface area contributed by atoms with Gasteiger partial charge in [-0.2, -0.15) is 0 Å². The molecule has 0 bridgehead atoms. The number of halogens is 2. The first-order valence-electron chi connectivity index (χ1n) is 7.04. The fourth-order valence-electron chi connectivity index (χ4n) is 2.38. The molecule has 0 unspecified atom stereocenters. The van der Waals surface area contributed by atoms with Gasteiger partial charge in [-0.3, -0.25) is 0 Å². The maximum Gasteiger partial charge on any atom is 0.496 e. The molecule has 1 aromatic heterocycles. The van der Waals surface area contributed by atoms with Gasteiger partial charge in [0.2, 0.25) is 0 Å². The van der Waals surface area contributed by atoms with Crippen LogP contribution in [0.15, 0.2) is 18.3 Å². The lowest BCUT2D eigenvalue weighted by atomic mass is 9.80. The Morgan fingerprint density at radius 3 is 2.10 bits per heavy atom. The van der Waals surface area contributed by atoms with Gasteiger partial charge in [-0.1, -0.05) is 6.07 Å². The summed E-state index contributed by atoms with van der Waals surface area (Å²) in [6.07, 6.45) is 1.63. The van der Waals surface area contributed by atoms with Crippen molar-refractivity contribution in [3.63, 3.8) is 0 Å². The smallest absolute Gasteiger partial charge is 0.399 e. The Labute approximate surface area is 123 Å². The zero-order valence-corrected chi connectivity index (χ0v) is 12.7. The number of anilines is 1. The first kappa shape index (κ1) is 14.7. The molecule has 2 fully saturated rings. The van der Waals surface area contributed by atoms with Gasteiger partial charge in [0.25, 0.3) is 5.92 Å². The van der Waals surface area contributed by atoms with E-state index in [2.05, 4.69) is 4.98 Å². The van der Waals surface area contributed by atoms with E-state index in [0.717, 1.165) is 5.46 Å². The predicted molar refractivity (Wildman–Crippen MR) is 77.1 cm³/mol. The van der Waals surface area contributed by atoms with Gasteiger partial charge in [-0.25, -0.2) is 13.8 Å². The number of alkyl halides is 2. The van der Waals surface area contributed by atoms with Crippen LogP contribution in [0, 0.1) is 0 Å². The minimum atomic E-state index is -2.59. The Morgan fingerprint density at radius 2 is 1.67 bits per heavy atom. The lowest BCUT2D eigenvalue weighted by Gasteiger charge is -2.39. The second-order valence-electron chi connectivity index (χ2n) is 6.75. The highest BCUT2D eigenvalue weighted by Gasteiger charge is 2.52. The average Bonchev–Trinajstić information content (AvgIpc) is 2.56. The highest BCUT2D eigenvalue weighted by molar-refractivity contribution is 6.62. The second kappa shape index (κ2) is 4.40. The van der Waals surface area contributed by atoms with Gasteiger partial charge in [0.05, 0.1) is 24.3 Å². The van der Waals surface area contributed by atoms with E-state index in [1.165, 1.54) is 0 Å². The van der Waals surface area contributed by atoms with E-state index >= 15 is 0 Å². The van der Waals surface area contributed by atoms with E-state index in [1.54, 1.807) is 17.2 Å². The summed E-state index contributed by atoms with van der Waals surface area (Å²) in [7, 11) is -0.477. The predicted octanol–water partition coefficient (Wildman–Crippen LogP) is 1.84. The molecule has 0 radical (unpaired) electrons. The first-order valence-corrected chi connectivity index (χ1v) is 7.04. The summed E-state index contributed by atoms with van der Waals surface area (Å²) >= 11 is 0. The lowest BCUT2D eigenvalue weighted by molar-refractivity contribution is -0.0267. The van der Waals surface area contributed by atoms with Crippen LogP contribution < -0.4 is 10.4 Å². The van der Waals surface area contributed by atoms with E-state index in [0.29, 0.717) is 5.82 Å². The molecular weight excluding hydrogens is 277 g/mol. The fourth-order valence-corrected chi connectivity index (χ4v) is 2.38. The molecule has 3 heterocycles. The maximum absolute atomic E-state index is 12.9. The van der Waals surface area contributed by atoms with Crippen molar-refractivity contribution in [3.8, 4) is 0 Å². The molecule has 0 spiro atoms. The molecule has 0 aliphatic carbocycles. The summed E-state index contributed by atoms with van der Waals surface area (Å²) in [5.41, 5.74) is -0.0178. The van der Waals surface area contributed by atoms with Crippen LogP contribution in [-0.4, -0.2) is 42.3 Å². The summed E-state index contributed by atoms with van der Waals surface area (Å²) in [6.45, 7) is 7.40. The van der Waals surface area contributed by atoms with Crippen molar-refractivity contribution in [2.24, 2.45) is 0 Å². The normalized spacial score (nSPS) is 25.8. The first-order chi connectivity index (χ1) is 9.60. The Kier molecular flexibility index (Phi) is 3.08. The van der Waals surface area contributed by atoms with Crippen molar-refractivity contribution in [3.05, 3.63) is 18.3 Å².